The van der Waals surface area contributed by atoms with E-state index in [1.807, 2.05) is 48.5 Å². The van der Waals surface area contributed by atoms with Gasteiger partial charge < -0.3 is 15.6 Å². The lowest BCUT2D eigenvalue weighted by atomic mass is 10.00. The molecule has 0 aliphatic heterocycles. The van der Waals surface area contributed by atoms with Crippen LogP contribution in [0, 0.1) is 0 Å². The first kappa shape index (κ1) is 12.6. The zero-order chi connectivity index (χ0) is 13.0. The molecule has 0 unspecified atom stereocenters. The van der Waals surface area contributed by atoms with E-state index < -0.39 is 0 Å². The van der Waals surface area contributed by atoms with Crippen LogP contribution in [0.1, 0.15) is 11.6 Å². The molecule has 18 heavy (non-hydrogen) atoms. The molecular formula is C15H17NO2. The summed E-state index contributed by atoms with van der Waals surface area (Å²) in [6, 6.07) is 15.4. The molecule has 0 saturated carbocycles. The molecule has 94 valence electrons. The maximum absolute atomic E-state index is 9.09. The highest BCUT2D eigenvalue weighted by molar-refractivity contribution is 5.65. The summed E-state index contributed by atoms with van der Waals surface area (Å²) in [6.45, 7) is -0.0540. The summed E-state index contributed by atoms with van der Waals surface area (Å²) in [5.41, 5.74) is 8.89. The molecule has 2 aromatic carbocycles. The van der Waals surface area contributed by atoms with Gasteiger partial charge in [-0.3, -0.25) is 0 Å². The van der Waals surface area contributed by atoms with Gasteiger partial charge in [-0.25, -0.2) is 0 Å². The van der Waals surface area contributed by atoms with Gasteiger partial charge in [0, 0.05) is 0 Å². The Hall–Kier alpha value is -1.84. The van der Waals surface area contributed by atoms with Crippen LogP contribution in [0.5, 0.6) is 5.75 Å². The molecule has 3 nitrogen and oxygen atoms in total. The zero-order valence-corrected chi connectivity index (χ0v) is 10.3. The van der Waals surface area contributed by atoms with Crippen molar-refractivity contribution in [3.8, 4) is 16.9 Å². The molecule has 0 heterocycles. The summed E-state index contributed by atoms with van der Waals surface area (Å²) in [6.07, 6.45) is 0. The van der Waals surface area contributed by atoms with Gasteiger partial charge in [0.05, 0.1) is 19.8 Å². The van der Waals surface area contributed by atoms with Crippen LogP contribution in [-0.4, -0.2) is 18.8 Å². The first-order valence-corrected chi connectivity index (χ1v) is 5.85. The topological polar surface area (TPSA) is 55.5 Å². The van der Waals surface area contributed by atoms with E-state index >= 15 is 0 Å². The van der Waals surface area contributed by atoms with Crippen molar-refractivity contribution < 1.29 is 9.84 Å². The molecule has 2 rings (SSSR count). The third-order valence-corrected chi connectivity index (χ3v) is 2.91. The van der Waals surface area contributed by atoms with Crippen LogP contribution in [0.2, 0.25) is 0 Å². The smallest absolute Gasteiger partial charge is 0.119 e. The van der Waals surface area contributed by atoms with Crippen molar-refractivity contribution >= 4 is 0 Å². The number of methoxy groups -OCH3 is 1. The van der Waals surface area contributed by atoms with E-state index in [2.05, 4.69) is 0 Å². The molecule has 0 fully saturated rings. The van der Waals surface area contributed by atoms with Crippen LogP contribution in [0.4, 0.5) is 0 Å². The van der Waals surface area contributed by atoms with Gasteiger partial charge in [0.15, 0.2) is 0 Å². The van der Waals surface area contributed by atoms with Crippen LogP contribution < -0.4 is 10.5 Å². The highest BCUT2D eigenvalue weighted by Gasteiger charge is 2.06. The lowest BCUT2D eigenvalue weighted by Gasteiger charge is -2.11. The van der Waals surface area contributed by atoms with Gasteiger partial charge in [-0.2, -0.15) is 0 Å². The molecule has 0 aromatic heterocycles. The molecular weight excluding hydrogens is 226 g/mol. The minimum absolute atomic E-state index is 0.0540. The molecule has 2 aromatic rings. The third-order valence-electron chi connectivity index (χ3n) is 2.91. The second-order valence-electron chi connectivity index (χ2n) is 4.15. The second-order valence-corrected chi connectivity index (χ2v) is 4.15. The summed E-state index contributed by atoms with van der Waals surface area (Å²) in [7, 11) is 1.65. The molecule has 3 N–H and O–H groups in total. The molecule has 0 aliphatic carbocycles. The molecule has 0 aliphatic rings. The predicted octanol–water partition coefficient (Wildman–Crippen LogP) is 2.35. The van der Waals surface area contributed by atoms with Crippen LogP contribution in [0.15, 0.2) is 48.5 Å². The molecule has 0 radical (unpaired) electrons. The highest BCUT2D eigenvalue weighted by Crippen LogP contribution is 2.25. The number of hydrogen-bond acceptors (Lipinski definition) is 3. The lowest BCUT2D eigenvalue weighted by Crippen LogP contribution is -2.14. The Labute approximate surface area is 107 Å². The van der Waals surface area contributed by atoms with E-state index in [-0.39, 0.29) is 12.6 Å². The maximum Gasteiger partial charge on any atom is 0.119 e. The molecule has 0 spiro atoms. The van der Waals surface area contributed by atoms with Crippen molar-refractivity contribution in [3.05, 3.63) is 54.1 Å². The van der Waals surface area contributed by atoms with E-state index in [0.29, 0.717) is 0 Å². The number of aliphatic hydroxyl groups is 1. The van der Waals surface area contributed by atoms with Crippen LogP contribution in [0.25, 0.3) is 11.1 Å². The zero-order valence-electron chi connectivity index (χ0n) is 10.3. The monoisotopic (exact) mass is 243 g/mol. The Kier molecular flexibility index (Phi) is 3.97. The predicted molar refractivity (Wildman–Crippen MR) is 72.4 cm³/mol. The average Bonchev–Trinajstić information content (AvgIpc) is 2.46. The fourth-order valence-corrected chi connectivity index (χ4v) is 1.86. The number of nitrogens with two attached hydrogens (primary N) is 1. The van der Waals surface area contributed by atoms with Gasteiger partial charge in [0.1, 0.15) is 5.75 Å². The third kappa shape index (κ3) is 2.70. The van der Waals surface area contributed by atoms with Gasteiger partial charge in [0.2, 0.25) is 0 Å². The van der Waals surface area contributed by atoms with E-state index in [9.17, 15) is 0 Å². The van der Waals surface area contributed by atoms with Gasteiger partial charge in [-0.1, -0.05) is 30.3 Å². The Morgan fingerprint density at radius 3 is 2.44 bits per heavy atom. The van der Waals surface area contributed by atoms with Crippen molar-refractivity contribution in [1.29, 1.82) is 0 Å². The molecule has 1 atom stereocenters. The highest BCUT2D eigenvalue weighted by atomic mass is 16.5. The Bertz CT molecular complexity index is 525. The van der Waals surface area contributed by atoms with E-state index in [1.165, 1.54) is 0 Å². The normalized spacial score (nSPS) is 12.2. The number of ether oxygens (including phenoxy) is 1. The molecule has 3 heteroatoms. The Morgan fingerprint density at radius 1 is 1.11 bits per heavy atom. The summed E-state index contributed by atoms with van der Waals surface area (Å²) in [4.78, 5) is 0. The average molecular weight is 243 g/mol. The number of rotatable bonds is 4. The van der Waals surface area contributed by atoms with E-state index in [4.69, 9.17) is 15.6 Å². The summed E-state index contributed by atoms with van der Waals surface area (Å²) in [5, 5.41) is 9.09. The SMILES string of the molecule is COc1cccc(-c2cccc([C@@H](N)CO)c2)c1. The Balaban J connectivity index is 2.38. The summed E-state index contributed by atoms with van der Waals surface area (Å²) in [5.74, 6) is 0.823. The molecule has 0 saturated heterocycles. The van der Waals surface area contributed by atoms with Crippen molar-refractivity contribution in [3.63, 3.8) is 0 Å². The molecule has 0 amide bonds. The Morgan fingerprint density at radius 2 is 1.78 bits per heavy atom. The first-order valence-electron chi connectivity index (χ1n) is 5.85. The van der Waals surface area contributed by atoms with Crippen molar-refractivity contribution in [1.82, 2.24) is 0 Å². The van der Waals surface area contributed by atoms with Crippen LogP contribution >= 0.6 is 0 Å². The van der Waals surface area contributed by atoms with E-state index in [0.717, 1.165) is 22.4 Å². The van der Waals surface area contributed by atoms with Crippen LogP contribution in [-0.2, 0) is 0 Å². The van der Waals surface area contributed by atoms with Gasteiger partial charge in [-0.15, -0.1) is 0 Å². The van der Waals surface area contributed by atoms with Gasteiger partial charge in [0.25, 0.3) is 0 Å². The van der Waals surface area contributed by atoms with Gasteiger partial charge in [-0.05, 0) is 34.9 Å². The summed E-state index contributed by atoms with van der Waals surface area (Å²) < 4.78 is 5.21. The second kappa shape index (κ2) is 5.67. The van der Waals surface area contributed by atoms with E-state index in [1.54, 1.807) is 7.11 Å². The van der Waals surface area contributed by atoms with Gasteiger partial charge >= 0.3 is 0 Å². The molecule has 0 bridgehead atoms. The quantitative estimate of drug-likeness (QED) is 0.866. The van der Waals surface area contributed by atoms with Crippen molar-refractivity contribution in [2.45, 2.75) is 6.04 Å². The minimum Gasteiger partial charge on any atom is -0.497 e. The fraction of sp³-hybridized carbons (Fsp3) is 0.200. The van der Waals surface area contributed by atoms with Crippen molar-refractivity contribution in [2.75, 3.05) is 13.7 Å². The standard InChI is InChI=1S/C15H17NO2/c1-18-14-7-3-5-12(9-14)11-4-2-6-13(8-11)15(16)10-17/h2-9,15,17H,10,16H2,1H3/t15-/m0/s1. The fourth-order valence-electron chi connectivity index (χ4n) is 1.86. The van der Waals surface area contributed by atoms with Crippen molar-refractivity contribution in [2.24, 2.45) is 5.73 Å². The maximum atomic E-state index is 9.09. The minimum atomic E-state index is -0.337. The number of benzene rings is 2. The number of aliphatic hydroxyl groups excluding tert-OH is 1. The number of hydrogen-bond donors (Lipinski definition) is 2. The first-order chi connectivity index (χ1) is 8.74. The van der Waals surface area contributed by atoms with Crippen LogP contribution in [0.3, 0.4) is 0 Å². The largest absolute Gasteiger partial charge is 0.497 e. The summed E-state index contributed by atoms with van der Waals surface area (Å²) >= 11 is 0. The lowest BCUT2D eigenvalue weighted by molar-refractivity contribution is 0.268.